The molecule has 3 amide bonds. The van der Waals surface area contributed by atoms with Crippen molar-refractivity contribution in [1.29, 1.82) is 0 Å². The van der Waals surface area contributed by atoms with E-state index >= 15 is 0 Å². The standard InChI is InChI=1S/C22H19F3N4O4S/c23-22(24,25)15-6-4-11-19(12-15)34(32,33)26-14-20(30)27-17-9-5-10-18(13-17)29-21(31)28-16-7-2-1-3-8-16/h1-13,26H,14H2,(H,27,30)(H2,28,29,31). The van der Waals surface area contributed by atoms with E-state index < -0.39 is 45.1 Å². The van der Waals surface area contributed by atoms with Crippen molar-refractivity contribution in [2.75, 3.05) is 22.5 Å². The van der Waals surface area contributed by atoms with Crippen LogP contribution in [0.25, 0.3) is 0 Å². The second-order valence-electron chi connectivity index (χ2n) is 6.92. The third-order valence-electron chi connectivity index (χ3n) is 4.33. The van der Waals surface area contributed by atoms with E-state index in [1.165, 1.54) is 12.1 Å². The quantitative estimate of drug-likeness (QED) is 0.394. The number of benzene rings is 3. The Kier molecular flexibility index (Phi) is 7.54. The molecule has 0 saturated heterocycles. The monoisotopic (exact) mass is 492 g/mol. The van der Waals surface area contributed by atoms with Gasteiger partial charge in [0.1, 0.15) is 0 Å². The number of amides is 3. The molecule has 3 rings (SSSR count). The summed E-state index contributed by atoms with van der Waals surface area (Å²) in [4.78, 5) is 23.6. The lowest BCUT2D eigenvalue weighted by Gasteiger charge is -2.11. The number of rotatable bonds is 7. The molecule has 34 heavy (non-hydrogen) atoms. The molecule has 0 heterocycles. The number of para-hydroxylation sites is 1. The molecule has 0 saturated carbocycles. The average Bonchev–Trinajstić information content (AvgIpc) is 2.78. The number of hydrogen-bond donors (Lipinski definition) is 4. The Balaban J connectivity index is 1.57. The molecule has 178 valence electrons. The smallest absolute Gasteiger partial charge is 0.325 e. The predicted molar refractivity (Wildman–Crippen MR) is 121 cm³/mol. The highest BCUT2D eigenvalue weighted by Crippen LogP contribution is 2.30. The van der Waals surface area contributed by atoms with E-state index in [9.17, 15) is 31.2 Å². The number of carbonyl (C=O) groups excluding carboxylic acids is 2. The molecule has 0 aliphatic heterocycles. The number of alkyl halides is 3. The van der Waals surface area contributed by atoms with E-state index in [2.05, 4.69) is 16.0 Å². The highest BCUT2D eigenvalue weighted by molar-refractivity contribution is 7.89. The van der Waals surface area contributed by atoms with Crippen LogP contribution in [0.2, 0.25) is 0 Å². The minimum Gasteiger partial charge on any atom is -0.325 e. The van der Waals surface area contributed by atoms with Gasteiger partial charge in [0, 0.05) is 17.1 Å². The first-order chi connectivity index (χ1) is 16.0. The number of carbonyl (C=O) groups is 2. The topological polar surface area (TPSA) is 116 Å². The number of sulfonamides is 1. The van der Waals surface area contributed by atoms with Crippen molar-refractivity contribution in [3.63, 3.8) is 0 Å². The van der Waals surface area contributed by atoms with Gasteiger partial charge in [-0.2, -0.15) is 13.2 Å². The average molecular weight is 492 g/mol. The summed E-state index contributed by atoms with van der Waals surface area (Å²) in [5.41, 5.74) is 0.0782. The summed E-state index contributed by atoms with van der Waals surface area (Å²) in [6, 6.07) is 17.5. The van der Waals surface area contributed by atoms with Crippen molar-refractivity contribution < 1.29 is 31.2 Å². The maximum absolute atomic E-state index is 12.8. The summed E-state index contributed by atoms with van der Waals surface area (Å²) in [5.74, 6) is -0.763. The van der Waals surface area contributed by atoms with E-state index in [1.807, 2.05) is 4.72 Å². The summed E-state index contributed by atoms with van der Waals surface area (Å²) in [6.45, 7) is -0.718. The molecule has 0 bridgehead atoms. The normalized spacial score (nSPS) is 11.5. The Morgan fingerprint density at radius 2 is 1.32 bits per heavy atom. The van der Waals surface area contributed by atoms with Crippen LogP contribution in [0, 0.1) is 0 Å². The summed E-state index contributed by atoms with van der Waals surface area (Å²) >= 11 is 0. The molecule has 3 aromatic rings. The first kappa shape index (κ1) is 24.7. The van der Waals surface area contributed by atoms with Crippen molar-refractivity contribution in [2.45, 2.75) is 11.1 Å². The van der Waals surface area contributed by atoms with Crippen molar-refractivity contribution in [3.05, 3.63) is 84.4 Å². The Morgan fingerprint density at radius 3 is 2.00 bits per heavy atom. The van der Waals surface area contributed by atoms with E-state index in [0.29, 0.717) is 17.4 Å². The van der Waals surface area contributed by atoms with Crippen LogP contribution in [0.5, 0.6) is 0 Å². The van der Waals surface area contributed by atoms with Gasteiger partial charge in [-0.25, -0.2) is 17.9 Å². The zero-order valence-corrected chi connectivity index (χ0v) is 18.2. The van der Waals surface area contributed by atoms with Crippen LogP contribution in [-0.2, 0) is 21.0 Å². The zero-order chi connectivity index (χ0) is 24.8. The lowest BCUT2D eigenvalue weighted by atomic mass is 10.2. The molecule has 0 radical (unpaired) electrons. The third-order valence-corrected chi connectivity index (χ3v) is 5.73. The highest BCUT2D eigenvalue weighted by Gasteiger charge is 2.31. The van der Waals surface area contributed by atoms with Crippen molar-refractivity contribution in [3.8, 4) is 0 Å². The summed E-state index contributed by atoms with van der Waals surface area (Å²) in [7, 11) is -4.36. The van der Waals surface area contributed by atoms with Crippen LogP contribution in [0.1, 0.15) is 5.56 Å². The zero-order valence-electron chi connectivity index (χ0n) is 17.4. The van der Waals surface area contributed by atoms with E-state index in [4.69, 9.17) is 0 Å². The first-order valence-electron chi connectivity index (χ1n) is 9.73. The van der Waals surface area contributed by atoms with Crippen LogP contribution >= 0.6 is 0 Å². The van der Waals surface area contributed by atoms with Gasteiger partial charge < -0.3 is 16.0 Å². The molecular weight excluding hydrogens is 473 g/mol. The fourth-order valence-electron chi connectivity index (χ4n) is 2.78. The molecule has 8 nitrogen and oxygen atoms in total. The van der Waals surface area contributed by atoms with Crippen molar-refractivity contribution in [2.24, 2.45) is 0 Å². The van der Waals surface area contributed by atoms with Crippen LogP contribution in [0.3, 0.4) is 0 Å². The van der Waals surface area contributed by atoms with E-state index in [-0.39, 0.29) is 5.69 Å². The second kappa shape index (κ2) is 10.4. The van der Waals surface area contributed by atoms with Crippen molar-refractivity contribution in [1.82, 2.24) is 4.72 Å². The van der Waals surface area contributed by atoms with Gasteiger partial charge in [-0.15, -0.1) is 0 Å². The summed E-state index contributed by atoms with van der Waals surface area (Å²) < 4.78 is 65.0. The van der Waals surface area contributed by atoms with Crippen LogP contribution in [-0.4, -0.2) is 26.9 Å². The Labute approximate surface area is 193 Å². The van der Waals surface area contributed by atoms with Gasteiger partial charge in [0.15, 0.2) is 0 Å². The fourth-order valence-corrected chi connectivity index (χ4v) is 3.81. The first-order valence-corrected chi connectivity index (χ1v) is 11.2. The molecule has 0 spiro atoms. The van der Waals surface area contributed by atoms with Gasteiger partial charge in [-0.05, 0) is 48.5 Å². The minimum atomic E-state index is -4.71. The molecule has 3 aromatic carbocycles. The Bertz CT molecular complexity index is 1280. The van der Waals surface area contributed by atoms with Gasteiger partial charge in [0.2, 0.25) is 15.9 Å². The fraction of sp³-hybridized carbons (Fsp3) is 0.0909. The molecule has 0 atom stereocenters. The minimum absolute atomic E-state index is 0.265. The lowest BCUT2D eigenvalue weighted by molar-refractivity contribution is -0.137. The SMILES string of the molecule is O=C(CNS(=O)(=O)c1cccc(C(F)(F)F)c1)Nc1cccc(NC(=O)Nc2ccccc2)c1. The number of hydrogen-bond acceptors (Lipinski definition) is 4. The van der Waals surface area contributed by atoms with Crippen molar-refractivity contribution >= 4 is 39.0 Å². The largest absolute Gasteiger partial charge is 0.416 e. The van der Waals surface area contributed by atoms with Crippen LogP contribution in [0.4, 0.5) is 35.0 Å². The Morgan fingerprint density at radius 1 is 0.735 bits per heavy atom. The third kappa shape index (κ3) is 7.05. The molecule has 0 aromatic heterocycles. The van der Waals surface area contributed by atoms with E-state index in [0.717, 1.165) is 18.2 Å². The van der Waals surface area contributed by atoms with Crippen LogP contribution in [0.15, 0.2) is 83.8 Å². The van der Waals surface area contributed by atoms with Gasteiger partial charge in [0.25, 0.3) is 0 Å². The van der Waals surface area contributed by atoms with E-state index in [1.54, 1.807) is 42.5 Å². The molecular formula is C22H19F3N4O4S. The number of halogens is 3. The van der Waals surface area contributed by atoms with Crippen LogP contribution < -0.4 is 20.7 Å². The van der Waals surface area contributed by atoms with Gasteiger partial charge in [-0.3, -0.25) is 4.79 Å². The summed E-state index contributed by atoms with van der Waals surface area (Å²) in [5, 5.41) is 7.67. The molecule has 0 unspecified atom stereocenters. The molecule has 0 fully saturated rings. The highest BCUT2D eigenvalue weighted by atomic mass is 32.2. The van der Waals surface area contributed by atoms with Gasteiger partial charge in [-0.1, -0.05) is 30.3 Å². The number of urea groups is 1. The molecule has 0 aliphatic carbocycles. The van der Waals surface area contributed by atoms with Gasteiger partial charge >= 0.3 is 12.2 Å². The predicted octanol–water partition coefficient (Wildman–Crippen LogP) is 4.27. The maximum atomic E-state index is 12.8. The molecule has 12 heteroatoms. The lowest BCUT2D eigenvalue weighted by Crippen LogP contribution is -2.33. The summed E-state index contributed by atoms with van der Waals surface area (Å²) in [6.07, 6.45) is -4.71. The number of anilines is 3. The molecule has 0 aliphatic rings. The Hall–Kier alpha value is -3.90. The maximum Gasteiger partial charge on any atom is 0.416 e. The number of nitrogens with one attached hydrogen (secondary N) is 4. The molecule has 4 N–H and O–H groups in total. The second-order valence-corrected chi connectivity index (χ2v) is 8.69. The van der Waals surface area contributed by atoms with Gasteiger partial charge in [0.05, 0.1) is 17.0 Å².